The van der Waals surface area contributed by atoms with Gasteiger partial charge in [-0.2, -0.15) is 0 Å². The second-order valence-electron chi connectivity index (χ2n) is 1.29. The molecule has 0 aliphatic heterocycles. The minimum Gasteiger partial charge on any atom is -0.232 e. The zero-order chi connectivity index (χ0) is 7.66. The summed E-state index contributed by atoms with van der Waals surface area (Å²) in [7, 11) is 0. The van der Waals surface area contributed by atoms with Crippen LogP contribution in [0.25, 0.3) is 0 Å². The van der Waals surface area contributed by atoms with Crippen molar-refractivity contribution < 1.29 is 9.78 Å². The molecule has 58 valence electrons. The maximum atomic E-state index is 5.19. The average Bonchev–Trinajstić information content (AvgIpc) is 1.97. The summed E-state index contributed by atoms with van der Waals surface area (Å²) in [5, 5.41) is 0. The molecule has 0 heterocycles. The molecule has 0 saturated carbocycles. The predicted molar refractivity (Wildman–Crippen MR) is 41.9 cm³/mol. The standard InChI is InChI=1S/C6H8Cl2O2/c7-3-1-5-9-10-6-2-4-8/h1-4H,5-6H2. The van der Waals surface area contributed by atoms with Crippen molar-refractivity contribution in [3.05, 3.63) is 23.2 Å². The molecule has 0 spiro atoms. The monoisotopic (exact) mass is 182 g/mol. The van der Waals surface area contributed by atoms with Crippen LogP contribution in [0.5, 0.6) is 0 Å². The Morgan fingerprint density at radius 3 is 1.60 bits per heavy atom. The number of hydrogen-bond acceptors (Lipinski definition) is 2. The lowest BCUT2D eigenvalue weighted by Gasteiger charge is -1.95. The van der Waals surface area contributed by atoms with E-state index in [9.17, 15) is 0 Å². The molecule has 10 heavy (non-hydrogen) atoms. The van der Waals surface area contributed by atoms with Crippen LogP contribution in [0.15, 0.2) is 23.2 Å². The Balaban J connectivity index is 2.90. The van der Waals surface area contributed by atoms with E-state index in [1.165, 1.54) is 11.1 Å². The van der Waals surface area contributed by atoms with Gasteiger partial charge in [0.25, 0.3) is 0 Å². The summed E-state index contributed by atoms with van der Waals surface area (Å²) >= 11 is 10.4. The maximum absolute atomic E-state index is 5.19. The molecule has 0 aromatic rings. The van der Waals surface area contributed by atoms with Crippen LogP contribution in [0.1, 0.15) is 0 Å². The van der Waals surface area contributed by atoms with Crippen LogP contribution >= 0.6 is 23.2 Å². The molecule has 2 nitrogen and oxygen atoms in total. The number of hydrogen-bond donors (Lipinski definition) is 0. The van der Waals surface area contributed by atoms with Crippen LogP contribution in [0.3, 0.4) is 0 Å². The Morgan fingerprint density at radius 2 is 1.30 bits per heavy atom. The van der Waals surface area contributed by atoms with E-state index in [1.807, 2.05) is 0 Å². The molecule has 0 aromatic carbocycles. The first kappa shape index (κ1) is 9.98. The second kappa shape index (κ2) is 8.98. The van der Waals surface area contributed by atoms with Gasteiger partial charge < -0.3 is 0 Å². The average molecular weight is 183 g/mol. The van der Waals surface area contributed by atoms with E-state index in [0.29, 0.717) is 13.2 Å². The normalized spacial score (nSPS) is 11.8. The van der Waals surface area contributed by atoms with E-state index in [-0.39, 0.29) is 0 Å². The predicted octanol–water partition coefficient (Wildman–Crippen LogP) is 2.44. The molecule has 0 aliphatic rings. The third-order valence-corrected chi connectivity index (χ3v) is 0.946. The summed E-state index contributed by atoms with van der Waals surface area (Å²) in [4.78, 5) is 9.19. The van der Waals surface area contributed by atoms with E-state index in [4.69, 9.17) is 23.2 Å². The molecule has 0 fully saturated rings. The lowest BCUT2D eigenvalue weighted by molar-refractivity contribution is -0.277. The van der Waals surface area contributed by atoms with Crippen LogP contribution in [0.2, 0.25) is 0 Å². The summed E-state index contributed by atoms with van der Waals surface area (Å²) in [5.74, 6) is 0. The Labute approximate surface area is 69.9 Å². The largest absolute Gasteiger partial charge is 0.232 e. The molecule has 0 aromatic heterocycles. The number of rotatable bonds is 5. The van der Waals surface area contributed by atoms with Crippen molar-refractivity contribution in [1.82, 2.24) is 0 Å². The molecule has 0 unspecified atom stereocenters. The first-order valence-electron chi connectivity index (χ1n) is 2.66. The summed E-state index contributed by atoms with van der Waals surface area (Å²) in [6, 6.07) is 0. The van der Waals surface area contributed by atoms with E-state index in [0.717, 1.165) is 0 Å². The van der Waals surface area contributed by atoms with Crippen molar-refractivity contribution in [3.8, 4) is 0 Å². The van der Waals surface area contributed by atoms with Gasteiger partial charge in [-0.05, 0) is 12.2 Å². The summed E-state index contributed by atoms with van der Waals surface area (Å²) in [6.07, 6.45) is 3.23. The van der Waals surface area contributed by atoms with Gasteiger partial charge in [0.1, 0.15) is 13.2 Å². The van der Waals surface area contributed by atoms with Crippen molar-refractivity contribution in [1.29, 1.82) is 0 Å². The SMILES string of the molecule is ClC=CCOOCC=CCl. The van der Waals surface area contributed by atoms with E-state index in [2.05, 4.69) is 9.78 Å². The van der Waals surface area contributed by atoms with Gasteiger partial charge in [0.2, 0.25) is 0 Å². The Hall–Kier alpha value is -0.0200. The van der Waals surface area contributed by atoms with Gasteiger partial charge in [0.05, 0.1) is 0 Å². The van der Waals surface area contributed by atoms with Crippen LogP contribution in [-0.2, 0) is 9.78 Å². The highest BCUT2D eigenvalue weighted by Crippen LogP contribution is 1.84. The van der Waals surface area contributed by atoms with Crippen molar-refractivity contribution in [2.75, 3.05) is 13.2 Å². The smallest absolute Gasteiger partial charge is 0.102 e. The first-order valence-corrected chi connectivity index (χ1v) is 3.54. The second-order valence-corrected chi connectivity index (χ2v) is 1.80. The van der Waals surface area contributed by atoms with Gasteiger partial charge >= 0.3 is 0 Å². The van der Waals surface area contributed by atoms with Gasteiger partial charge in [-0.15, -0.1) is 0 Å². The molecule has 0 aliphatic carbocycles. The fourth-order valence-electron chi connectivity index (χ4n) is 0.248. The van der Waals surface area contributed by atoms with Crippen molar-refractivity contribution in [2.24, 2.45) is 0 Å². The van der Waals surface area contributed by atoms with Crippen LogP contribution in [-0.4, -0.2) is 13.2 Å². The highest BCUT2D eigenvalue weighted by molar-refractivity contribution is 6.25. The van der Waals surface area contributed by atoms with Gasteiger partial charge in [-0.25, -0.2) is 9.78 Å². The number of halogens is 2. The van der Waals surface area contributed by atoms with Crippen LogP contribution in [0.4, 0.5) is 0 Å². The highest BCUT2D eigenvalue weighted by Gasteiger charge is 1.79. The third-order valence-electron chi connectivity index (χ3n) is 0.590. The minimum atomic E-state index is 0.347. The molecular formula is C6H8Cl2O2. The molecule has 0 saturated heterocycles. The molecular weight excluding hydrogens is 175 g/mol. The molecule has 0 N–H and O–H groups in total. The molecule has 0 bridgehead atoms. The lowest BCUT2D eigenvalue weighted by Crippen LogP contribution is -1.93. The van der Waals surface area contributed by atoms with Gasteiger partial charge in [0.15, 0.2) is 0 Å². The van der Waals surface area contributed by atoms with Crippen molar-refractivity contribution in [2.45, 2.75) is 0 Å². The van der Waals surface area contributed by atoms with Crippen molar-refractivity contribution in [3.63, 3.8) is 0 Å². The van der Waals surface area contributed by atoms with Gasteiger partial charge in [-0.1, -0.05) is 23.2 Å². The zero-order valence-electron chi connectivity index (χ0n) is 5.30. The molecule has 4 heteroatoms. The Kier molecular flexibility index (Phi) is 8.96. The minimum absolute atomic E-state index is 0.347. The van der Waals surface area contributed by atoms with Crippen molar-refractivity contribution >= 4 is 23.2 Å². The van der Waals surface area contributed by atoms with E-state index < -0.39 is 0 Å². The molecule has 0 atom stereocenters. The zero-order valence-corrected chi connectivity index (χ0v) is 6.81. The summed E-state index contributed by atoms with van der Waals surface area (Å²) in [6.45, 7) is 0.694. The van der Waals surface area contributed by atoms with Gasteiger partial charge in [0, 0.05) is 11.1 Å². The molecule has 0 rings (SSSR count). The van der Waals surface area contributed by atoms with Crippen LogP contribution < -0.4 is 0 Å². The first-order chi connectivity index (χ1) is 4.91. The third kappa shape index (κ3) is 7.98. The molecule has 0 amide bonds. The van der Waals surface area contributed by atoms with Crippen LogP contribution in [0, 0.1) is 0 Å². The Morgan fingerprint density at radius 1 is 0.900 bits per heavy atom. The fourth-order valence-corrected chi connectivity index (χ4v) is 0.393. The summed E-state index contributed by atoms with van der Waals surface area (Å²) in [5.41, 5.74) is 2.72. The summed E-state index contributed by atoms with van der Waals surface area (Å²) < 4.78 is 0. The maximum Gasteiger partial charge on any atom is 0.102 e. The van der Waals surface area contributed by atoms with Gasteiger partial charge in [-0.3, -0.25) is 0 Å². The fraction of sp³-hybridized carbons (Fsp3) is 0.333. The highest BCUT2D eigenvalue weighted by atomic mass is 35.5. The lowest BCUT2D eigenvalue weighted by atomic mass is 10.7. The molecule has 0 radical (unpaired) electrons. The quantitative estimate of drug-likeness (QED) is 0.370. The van der Waals surface area contributed by atoms with E-state index in [1.54, 1.807) is 12.2 Å². The van der Waals surface area contributed by atoms with E-state index >= 15 is 0 Å². The topological polar surface area (TPSA) is 18.5 Å². The Bertz CT molecular complexity index is 98.3.